The highest BCUT2D eigenvalue weighted by atomic mass is 28.2. The summed E-state index contributed by atoms with van der Waals surface area (Å²) in [6, 6.07) is 0. The fourth-order valence-corrected chi connectivity index (χ4v) is 0.729. The van der Waals surface area contributed by atoms with E-state index in [1.54, 1.807) is 0 Å². The van der Waals surface area contributed by atoms with E-state index in [0.717, 1.165) is 0 Å². The van der Waals surface area contributed by atoms with Gasteiger partial charge in [-0.05, 0) is 25.9 Å². The molecule has 12 heavy (non-hydrogen) atoms. The van der Waals surface area contributed by atoms with Gasteiger partial charge in [0.05, 0.1) is 0 Å². The maximum atomic E-state index is 7.71. The van der Waals surface area contributed by atoms with Gasteiger partial charge < -0.3 is 10.1 Å². The number of hydrogen-bond acceptors (Lipinski definition) is 2. The molecule has 0 saturated carbocycles. The van der Waals surface area contributed by atoms with Gasteiger partial charge >= 0.3 is 0 Å². The number of rotatable bonds is 6. The van der Waals surface area contributed by atoms with Gasteiger partial charge in [-0.1, -0.05) is 33.2 Å². The minimum atomic E-state index is -0.583. The summed E-state index contributed by atoms with van der Waals surface area (Å²) in [6.07, 6.45) is 5.26. The van der Waals surface area contributed by atoms with E-state index in [1.807, 2.05) is 6.55 Å². The molecular formula is C9H25NOSi. The maximum absolute atomic E-state index is 7.71. The molecule has 2 N–H and O–H groups in total. The van der Waals surface area contributed by atoms with E-state index in [1.165, 1.54) is 38.8 Å². The van der Waals surface area contributed by atoms with Crippen molar-refractivity contribution in [2.45, 2.75) is 46.1 Å². The van der Waals surface area contributed by atoms with Crippen molar-refractivity contribution < 1.29 is 4.80 Å². The first-order valence-corrected chi connectivity index (χ1v) is 7.19. The summed E-state index contributed by atoms with van der Waals surface area (Å²) < 4.78 is 0. The molecule has 0 unspecified atom stereocenters. The van der Waals surface area contributed by atoms with Gasteiger partial charge in [0.2, 0.25) is 0 Å². The highest BCUT2D eigenvalue weighted by Crippen LogP contribution is 1.85. The quantitative estimate of drug-likeness (QED) is 0.490. The molecule has 0 radical (unpaired) electrons. The molecule has 0 aromatic carbocycles. The summed E-state index contributed by atoms with van der Waals surface area (Å²) in [4.78, 5) is 7.71. The molecule has 76 valence electrons. The summed E-state index contributed by atoms with van der Waals surface area (Å²) in [5, 5.41) is 3.39. The van der Waals surface area contributed by atoms with Gasteiger partial charge in [-0.25, -0.2) is 0 Å². The van der Waals surface area contributed by atoms with Crippen LogP contribution >= 0.6 is 0 Å². The maximum Gasteiger partial charge on any atom is 0.153 e. The Morgan fingerprint density at radius 1 is 1.08 bits per heavy atom. The van der Waals surface area contributed by atoms with E-state index >= 15 is 0 Å². The number of nitrogens with one attached hydrogen (secondary N) is 1. The lowest BCUT2D eigenvalue weighted by molar-refractivity contribution is 0.610. The molecule has 0 spiro atoms. The molecule has 0 rings (SSSR count). The minimum absolute atomic E-state index is 0.583. The standard InChI is InChI=1S/C8H19N.CH6OSi/c1-3-5-7-9-8-6-4-2;1-3-2/h9H,3-8H2,1-2H3;2H,3H2,1H3. The van der Waals surface area contributed by atoms with E-state index in [4.69, 9.17) is 4.80 Å². The zero-order valence-corrected chi connectivity index (χ0v) is 10.3. The largest absolute Gasteiger partial charge is 0.438 e. The zero-order valence-electron chi connectivity index (χ0n) is 8.90. The second-order valence-electron chi connectivity index (χ2n) is 2.77. The molecule has 0 aliphatic heterocycles. The predicted octanol–water partition coefficient (Wildman–Crippen LogP) is 1.29. The SMILES string of the molecule is CCCCNCCCC.C[SiH2]O. The Morgan fingerprint density at radius 2 is 1.42 bits per heavy atom. The Labute approximate surface area is 79.7 Å². The normalized spacial score (nSPS) is 10.0. The summed E-state index contributed by atoms with van der Waals surface area (Å²) in [7, 11) is -0.583. The molecular weight excluding hydrogens is 166 g/mol. The molecule has 0 bridgehead atoms. The molecule has 0 atom stereocenters. The molecule has 3 heteroatoms. The molecule has 0 saturated heterocycles. The summed E-state index contributed by atoms with van der Waals surface area (Å²) in [6.45, 7) is 8.68. The summed E-state index contributed by atoms with van der Waals surface area (Å²) in [5.74, 6) is 0. The number of unbranched alkanes of at least 4 members (excludes halogenated alkanes) is 2. The second-order valence-corrected chi connectivity index (χ2v) is 3.41. The fraction of sp³-hybridized carbons (Fsp3) is 1.00. The van der Waals surface area contributed by atoms with Crippen molar-refractivity contribution in [1.82, 2.24) is 5.32 Å². The van der Waals surface area contributed by atoms with Crippen LogP contribution in [0.1, 0.15) is 39.5 Å². The van der Waals surface area contributed by atoms with Gasteiger partial charge in [0.25, 0.3) is 0 Å². The predicted molar refractivity (Wildman–Crippen MR) is 59.3 cm³/mol. The number of hydrogen-bond donors (Lipinski definition) is 2. The first-order valence-electron chi connectivity index (χ1n) is 5.14. The van der Waals surface area contributed by atoms with Gasteiger partial charge in [-0.3, -0.25) is 0 Å². The molecule has 2 nitrogen and oxygen atoms in total. The van der Waals surface area contributed by atoms with Crippen molar-refractivity contribution in [3.8, 4) is 0 Å². The topological polar surface area (TPSA) is 32.3 Å². The smallest absolute Gasteiger partial charge is 0.153 e. The lowest BCUT2D eigenvalue weighted by atomic mass is 10.3. The van der Waals surface area contributed by atoms with Crippen LogP contribution < -0.4 is 5.32 Å². The Morgan fingerprint density at radius 3 is 1.67 bits per heavy atom. The Kier molecular flexibility index (Phi) is 21.1. The summed E-state index contributed by atoms with van der Waals surface area (Å²) in [5.41, 5.74) is 0. The molecule has 0 aliphatic rings. The monoisotopic (exact) mass is 191 g/mol. The van der Waals surface area contributed by atoms with Gasteiger partial charge in [0, 0.05) is 0 Å². The van der Waals surface area contributed by atoms with Crippen molar-refractivity contribution in [1.29, 1.82) is 0 Å². The van der Waals surface area contributed by atoms with Crippen molar-refractivity contribution in [3.63, 3.8) is 0 Å². The van der Waals surface area contributed by atoms with Crippen molar-refractivity contribution >= 4 is 9.76 Å². The van der Waals surface area contributed by atoms with E-state index in [9.17, 15) is 0 Å². The van der Waals surface area contributed by atoms with Crippen molar-refractivity contribution in [2.75, 3.05) is 13.1 Å². The third-order valence-corrected chi connectivity index (χ3v) is 1.41. The van der Waals surface area contributed by atoms with Crippen LogP contribution in [-0.4, -0.2) is 27.6 Å². The van der Waals surface area contributed by atoms with E-state index in [2.05, 4.69) is 19.2 Å². The Bertz CT molecular complexity index is 56.5. The lowest BCUT2D eigenvalue weighted by Crippen LogP contribution is -2.15. The van der Waals surface area contributed by atoms with Crippen LogP contribution in [0.4, 0.5) is 0 Å². The third-order valence-electron chi connectivity index (χ3n) is 1.41. The van der Waals surface area contributed by atoms with Crippen molar-refractivity contribution in [3.05, 3.63) is 0 Å². The van der Waals surface area contributed by atoms with Crippen LogP contribution in [0.2, 0.25) is 6.55 Å². The highest BCUT2D eigenvalue weighted by molar-refractivity contribution is 6.22. The van der Waals surface area contributed by atoms with Crippen molar-refractivity contribution in [2.24, 2.45) is 0 Å². The Hall–Kier alpha value is 0.137. The first-order chi connectivity index (χ1) is 5.83. The van der Waals surface area contributed by atoms with E-state index < -0.39 is 9.76 Å². The highest BCUT2D eigenvalue weighted by Gasteiger charge is 1.83. The molecule has 0 aromatic rings. The van der Waals surface area contributed by atoms with Gasteiger partial charge in [-0.15, -0.1) is 0 Å². The molecule has 0 amide bonds. The minimum Gasteiger partial charge on any atom is -0.438 e. The zero-order chi connectivity index (χ0) is 9.66. The molecule has 0 fully saturated rings. The lowest BCUT2D eigenvalue weighted by Gasteiger charge is -1.99. The van der Waals surface area contributed by atoms with Crippen LogP contribution in [-0.2, 0) is 0 Å². The molecule has 0 heterocycles. The second kappa shape index (κ2) is 17.3. The van der Waals surface area contributed by atoms with Gasteiger partial charge in [0.1, 0.15) is 0 Å². The third kappa shape index (κ3) is 22.5. The molecule has 0 aromatic heterocycles. The van der Waals surface area contributed by atoms with E-state index in [-0.39, 0.29) is 0 Å². The van der Waals surface area contributed by atoms with Crippen LogP contribution in [0.5, 0.6) is 0 Å². The van der Waals surface area contributed by atoms with E-state index in [0.29, 0.717) is 0 Å². The average Bonchev–Trinajstić information content (AvgIpc) is 2.06. The first kappa shape index (κ1) is 14.6. The van der Waals surface area contributed by atoms with Crippen LogP contribution in [0.25, 0.3) is 0 Å². The fourth-order valence-electron chi connectivity index (χ4n) is 0.729. The summed E-state index contributed by atoms with van der Waals surface area (Å²) >= 11 is 0. The average molecular weight is 191 g/mol. The van der Waals surface area contributed by atoms with Gasteiger partial charge in [-0.2, -0.15) is 0 Å². The Balaban J connectivity index is 0. The van der Waals surface area contributed by atoms with Crippen LogP contribution in [0, 0.1) is 0 Å². The van der Waals surface area contributed by atoms with Crippen LogP contribution in [0.15, 0.2) is 0 Å². The van der Waals surface area contributed by atoms with Gasteiger partial charge in [0.15, 0.2) is 9.76 Å². The molecule has 0 aliphatic carbocycles. The van der Waals surface area contributed by atoms with Crippen LogP contribution in [0.3, 0.4) is 0 Å².